The first kappa shape index (κ1) is 23.4. The maximum atomic E-state index is 6.15. The van der Waals surface area contributed by atoms with Crippen molar-refractivity contribution in [1.82, 2.24) is 25.0 Å². The summed E-state index contributed by atoms with van der Waals surface area (Å²) in [6, 6.07) is 17.5. The molecule has 1 N–H and O–H groups in total. The topological polar surface area (TPSA) is 70.8 Å². The van der Waals surface area contributed by atoms with Gasteiger partial charge in [0.05, 0.1) is 15.1 Å². The first-order valence-corrected chi connectivity index (χ1v) is 13.5. The van der Waals surface area contributed by atoms with Crippen molar-refractivity contribution in [3.05, 3.63) is 86.9 Å². The fourth-order valence-corrected chi connectivity index (χ4v) is 5.82. The zero-order valence-corrected chi connectivity index (χ0v) is 21.7. The molecule has 0 unspecified atom stereocenters. The Kier molecular flexibility index (Phi) is 6.63. The quantitative estimate of drug-likeness (QED) is 0.243. The standard InChI is InChI=1S/C27H23Cl2N5OS/c28-21-7-6-19(12-22(21)29)23-13-25(35-33-23)24-16-36-27(32-24)18-8-10-34(11-9-18)15-20-14-30-26(31-20)17-4-2-1-3-5-17/h1-7,12-14,16,18H,8-11,15H2,(H,30,31). The van der Waals surface area contributed by atoms with E-state index in [-0.39, 0.29) is 0 Å². The van der Waals surface area contributed by atoms with Crippen LogP contribution < -0.4 is 0 Å². The second kappa shape index (κ2) is 10.2. The molecule has 0 amide bonds. The van der Waals surface area contributed by atoms with Crippen molar-refractivity contribution in [2.24, 2.45) is 0 Å². The lowest BCUT2D eigenvalue weighted by Crippen LogP contribution is -2.32. The van der Waals surface area contributed by atoms with Crippen molar-refractivity contribution in [2.75, 3.05) is 13.1 Å². The van der Waals surface area contributed by atoms with E-state index in [2.05, 4.69) is 37.5 Å². The second-order valence-electron chi connectivity index (χ2n) is 8.95. The molecule has 0 bridgehead atoms. The molecule has 36 heavy (non-hydrogen) atoms. The molecule has 182 valence electrons. The Morgan fingerprint density at radius 3 is 2.61 bits per heavy atom. The number of hydrogen-bond acceptors (Lipinski definition) is 6. The monoisotopic (exact) mass is 535 g/mol. The Morgan fingerprint density at radius 2 is 1.81 bits per heavy atom. The Balaban J connectivity index is 1.07. The number of hydrogen-bond donors (Lipinski definition) is 1. The summed E-state index contributed by atoms with van der Waals surface area (Å²) in [6.07, 6.45) is 4.11. The number of thiazole rings is 1. The van der Waals surface area contributed by atoms with E-state index in [9.17, 15) is 0 Å². The maximum absolute atomic E-state index is 6.15. The number of rotatable bonds is 6. The molecule has 0 radical (unpaired) electrons. The van der Waals surface area contributed by atoms with Crippen molar-refractivity contribution in [1.29, 1.82) is 0 Å². The normalized spacial score (nSPS) is 14.9. The summed E-state index contributed by atoms with van der Waals surface area (Å²) in [6.45, 7) is 2.94. The van der Waals surface area contributed by atoms with Gasteiger partial charge in [-0.05, 0) is 38.1 Å². The number of piperidine rings is 1. The van der Waals surface area contributed by atoms with Gasteiger partial charge in [0.2, 0.25) is 0 Å². The average Bonchev–Trinajstić information content (AvgIpc) is 3.68. The lowest BCUT2D eigenvalue weighted by atomic mass is 9.97. The minimum absolute atomic E-state index is 0.458. The fourth-order valence-electron chi connectivity index (χ4n) is 4.54. The summed E-state index contributed by atoms with van der Waals surface area (Å²) in [5, 5.41) is 8.41. The van der Waals surface area contributed by atoms with E-state index < -0.39 is 0 Å². The van der Waals surface area contributed by atoms with E-state index >= 15 is 0 Å². The third kappa shape index (κ3) is 4.97. The van der Waals surface area contributed by atoms with Crippen molar-refractivity contribution in [2.45, 2.75) is 25.3 Å². The largest absolute Gasteiger partial charge is 0.354 e. The van der Waals surface area contributed by atoms with Crippen LogP contribution in [0.25, 0.3) is 34.1 Å². The molecule has 1 fully saturated rings. The van der Waals surface area contributed by atoms with Crippen LogP contribution in [0, 0.1) is 0 Å². The molecule has 0 saturated carbocycles. The summed E-state index contributed by atoms with van der Waals surface area (Å²) in [4.78, 5) is 15.4. The van der Waals surface area contributed by atoms with Crippen LogP contribution in [-0.2, 0) is 6.54 Å². The number of aromatic nitrogens is 4. The van der Waals surface area contributed by atoms with Gasteiger partial charge in [0, 0.05) is 46.9 Å². The van der Waals surface area contributed by atoms with Crippen LogP contribution in [0.2, 0.25) is 10.0 Å². The van der Waals surface area contributed by atoms with Crippen LogP contribution in [0.15, 0.2) is 70.7 Å². The third-order valence-electron chi connectivity index (χ3n) is 6.51. The van der Waals surface area contributed by atoms with Gasteiger partial charge in [0.25, 0.3) is 0 Å². The van der Waals surface area contributed by atoms with Crippen LogP contribution in [0.3, 0.4) is 0 Å². The summed E-state index contributed by atoms with van der Waals surface area (Å²) in [5.41, 5.74) is 4.64. The molecule has 1 saturated heterocycles. The van der Waals surface area contributed by atoms with Gasteiger partial charge < -0.3 is 9.51 Å². The summed E-state index contributed by atoms with van der Waals surface area (Å²) in [7, 11) is 0. The summed E-state index contributed by atoms with van der Waals surface area (Å²) in [5.74, 6) is 2.04. The van der Waals surface area contributed by atoms with Gasteiger partial charge in [-0.3, -0.25) is 4.90 Å². The number of aromatic amines is 1. The van der Waals surface area contributed by atoms with Gasteiger partial charge in [0.15, 0.2) is 5.76 Å². The van der Waals surface area contributed by atoms with Gasteiger partial charge in [-0.25, -0.2) is 9.97 Å². The van der Waals surface area contributed by atoms with Gasteiger partial charge in [-0.15, -0.1) is 11.3 Å². The van der Waals surface area contributed by atoms with Gasteiger partial charge in [-0.1, -0.05) is 64.8 Å². The number of nitrogens with zero attached hydrogens (tertiary/aromatic N) is 4. The van der Waals surface area contributed by atoms with Crippen LogP contribution in [0.1, 0.15) is 29.5 Å². The molecule has 9 heteroatoms. The highest BCUT2D eigenvalue weighted by Gasteiger charge is 2.24. The minimum atomic E-state index is 0.458. The molecule has 6 rings (SSSR count). The zero-order chi connectivity index (χ0) is 24.5. The van der Waals surface area contributed by atoms with E-state index in [4.69, 9.17) is 32.7 Å². The van der Waals surface area contributed by atoms with Crippen LogP contribution >= 0.6 is 34.5 Å². The summed E-state index contributed by atoms with van der Waals surface area (Å²) < 4.78 is 5.59. The highest BCUT2D eigenvalue weighted by Crippen LogP contribution is 2.35. The number of benzene rings is 2. The second-order valence-corrected chi connectivity index (χ2v) is 10.7. The number of likely N-dealkylation sites (tertiary alicyclic amines) is 1. The average molecular weight is 536 g/mol. The van der Waals surface area contributed by atoms with Gasteiger partial charge >= 0.3 is 0 Å². The molecule has 1 aliphatic heterocycles. The van der Waals surface area contributed by atoms with E-state index in [1.165, 1.54) is 0 Å². The number of halogens is 2. The Hall–Kier alpha value is -2.97. The molecule has 2 aromatic carbocycles. The minimum Gasteiger partial charge on any atom is -0.354 e. The highest BCUT2D eigenvalue weighted by molar-refractivity contribution is 7.10. The van der Waals surface area contributed by atoms with Gasteiger partial charge in [-0.2, -0.15) is 0 Å². The molecule has 5 aromatic rings. The van der Waals surface area contributed by atoms with E-state index in [1.807, 2.05) is 36.5 Å². The molecule has 0 aliphatic carbocycles. The van der Waals surface area contributed by atoms with Crippen molar-refractivity contribution in [3.63, 3.8) is 0 Å². The predicted molar refractivity (Wildman–Crippen MR) is 144 cm³/mol. The molecule has 0 atom stereocenters. The molecule has 6 nitrogen and oxygen atoms in total. The summed E-state index contributed by atoms with van der Waals surface area (Å²) >= 11 is 13.9. The number of imidazole rings is 1. The first-order valence-electron chi connectivity index (χ1n) is 11.8. The smallest absolute Gasteiger partial charge is 0.186 e. The number of nitrogens with one attached hydrogen (secondary N) is 1. The SMILES string of the molecule is Clc1ccc(-c2cc(-c3csc(C4CCN(Cc5cnc(-c6ccccc6)[nH]5)CC4)n3)on2)cc1Cl. The van der Waals surface area contributed by atoms with E-state index in [0.717, 1.165) is 65.8 Å². The lowest BCUT2D eigenvalue weighted by Gasteiger charge is -2.30. The third-order valence-corrected chi connectivity index (χ3v) is 8.25. The van der Waals surface area contributed by atoms with Crippen LogP contribution in [0.4, 0.5) is 0 Å². The van der Waals surface area contributed by atoms with Crippen LogP contribution in [-0.4, -0.2) is 38.1 Å². The predicted octanol–water partition coefficient (Wildman–Crippen LogP) is 7.54. The Morgan fingerprint density at radius 1 is 0.972 bits per heavy atom. The van der Waals surface area contributed by atoms with E-state index in [1.54, 1.807) is 23.5 Å². The maximum Gasteiger partial charge on any atom is 0.186 e. The van der Waals surface area contributed by atoms with Crippen molar-refractivity contribution < 1.29 is 4.52 Å². The van der Waals surface area contributed by atoms with Crippen molar-refractivity contribution >= 4 is 34.5 Å². The molecule has 3 aromatic heterocycles. The molecule has 4 heterocycles. The molecular formula is C27H23Cl2N5OS. The van der Waals surface area contributed by atoms with E-state index in [0.29, 0.717) is 27.4 Å². The zero-order valence-electron chi connectivity index (χ0n) is 19.3. The van der Waals surface area contributed by atoms with Crippen LogP contribution in [0.5, 0.6) is 0 Å². The molecule has 1 aliphatic rings. The Bertz CT molecular complexity index is 1470. The molecular weight excluding hydrogens is 513 g/mol. The van der Waals surface area contributed by atoms with Crippen molar-refractivity contribution in [3.8, 4) is 34.1 Å². The lowest BCUT2D eigenvalue weighted by molar-refractivity contribution is 0.202. The van der Waals surface area contributed by atoms with Gasteiger partial charge in [0.1, 0.15) is 17.2 Å². The Labute approximate surface area is 222 Å². The first-order chi connectivity index (χ1) is 17.6. The molecule has 0 spiro atoms. The number of H-pyrrole nitrogens is 1. The fraction of sp³-hybridized carbons (Fsp3) is 0.222. The highest BCUT2D eigenvalue weighted by atomic mass is 35.5.